The van der Waals surface area contributed by atoms with Gasteiger partial charge in [-0.15, -0.1) is 0 Å². The molecule has 1 rings (SSSR count). The molecular weight excluding hydrogens is 197 g/mol. The van der Waals surface area contributed by atoms with Gasteiger partial charge in [0, 0.05) is 12.1 Å². The van der Waals surface area contributed by atoms with Gasteiger partial charge in [0.15, 0.2) is 11.5 Å². The first-order valence-electron chi connectivity index (χ1n) is 4.82. The van der Waals surface area contributed by atoms with E-state index in [1.807, 2.05) is 19.2 Å². The summed E-state index contributed by atoms with van der Waals surface area (Å²) in [7, 11) is 3.42. The van der Waals surface area contributed by atoms with Gasteiger partial charge < -0.3 is 14.8 Å². The van der Waals surface area contributed by atoms with Crippen LogP contribution in [0.25, 0.3) is 0 Å². The number of ether oxygens (including phenoxy) is 2. The Hall–Kier alpha value is -1.29. The van der Waals surface area contributed by atoms with Gasteiger partial charge in [-0.2, -0.15) is 0 Å². The van der Waals surface area contributed by atoms with Crippen molar-refractivity contribution in [2.75, 3.05) is 27.4 Å². The van der Waals surface area contributed by atoms with Gasteiger partial charge in [0.2, 0.25) is 0 Å². The van der Waals surface area contributed by atoms with Gasteiger partial charge in [0.05, 0.1) is 7.11 Å². The molecule has 0 aliphatic heterocycles. The summed E-state index contributed by atoms with van der Waals surface area (Å²) >= 11 is 0. The van der Waals surface area contributed by atoms with Crippen LogP contribution in [0.15, 0.2) is 18.2 Å². The summed E-state index contributed by atoms with van der Waals surface area (Å²) in [5.41, 5.74) is 0.963. The van der Waals surface area contributed by atoms with Crippen molar-refractivity contribution in [2.24, 2.45) is 0 Å². The molecule has 0 aliphatic carbocycles. The van der Waals surface area contributed by atoms with Crippen molar-refractivity contribution in [3.05, 3.63) is 23.8 Å². The molecule has 0 bridgehead atoms. The molecule has 0 aliphatic rings. The van der Waals surface area contributed by atoms with Crippen LogP contribution in [-0.2, 0) is 6.54 Å². The average molecular weight is 213 g/mol. The van der Waals surface area contributed by atoms with E-state index in [0.29, 0.717) is 18.0 Å². The van der Waals surface area contributed by atoms with Crippen LogP contribution in [0.5, 0.6) is 11.5 Å². The SMILES string of the molecule is CNCc1cccc(OC)c1OCCF. The van der Waals surface area contributed by atoms with Crippen LogP contribution < -0.4 is 14.8 Å². The maximum atomic E-state index is 12.1. The van der Waals surface area contributed by atoms with Crippen molar-refractivity contribution >= 4 is 0 Å². The molecule has 0 atom stereocenters. The molecule has 0 fully saturated rings. The highest BCUT2D eigenvalue weighted by Gasteiger charge is 2.09. The molecule has 0 heterocycles. The molecule has 0 unspecified atom stereocenters. The van der Waals surface area contributed by atoms with Gasteiger partial charge >= 0.3 is 0 Å². The van der Waals surface area contributed by atoms with E-state index in [2.05, 4.69) is 5.32 Å². The second-order valence-electron chi connectivity index (χ2n) is 3.02. The summed E-state index contributed by atoms with van der Waals surface area (Å²) in [6.07, 6.45) is 0. The van der Waals surface area contributed by atoms with Crippen LogP contribution in [0, 0.1) is 0 Å². The largest absolute Gasteiger partial charge is 0.493 e. The molecule has 1 N–H and O–H groups in total. The zero-order chi connectivity index (χ0) is 11.1. The quantitative estimate of drug-likeness (QED) is 0.781. The molecule has 1 aromatic rings. The van der Waals surface area contributed by atoms with Crippen LogP contribution >= 0.6 is 0 Å². The van der Waals surface area contributed by atoms with E-state index < -0.39 is 6.67 Å². The lowest BCUT2D eigenvalue weighted by atomic mass is 10.2. The number of methoxy groups -OCH3 is 1. The van der Waals surface area contributed by atoms with Crippen molar-refractivity contribution in [1.29, 1.82) is 0 Å². The maximum Gasteiger partial charge on any atom is 0.165 e. The third kappa shape index (κ3) is 3.09. The summed E-state index contributed by atoms with van der Waals surface area (Å²) in [5, 5.41) is 3.02. The van der Waals surface area contributed by atoms with Crippen LogP contribution in [0.3, 0.4) is 0 Å². The number of benzene rings is 1. The Balaban J connectivity index is 2.92. The zero-order valence-electron chi connectivity index (χ0n) is 9.05. The Bertz CT molecular complexity index is 305. The second kappa shape index (κ2) is 6.24. The predicted octanol–water partition coefficient (Wildman–Crippen LogP) is 1.76. The number of hydrogen-bond acceptors (Lipinski definition) is 3. The molecular formula is C11H16FNO2. The lowest BCUT2D eigenvalue weighted by Crippen LogP contribution is -2.09. The first kappa shape index (κ1) is 11.8. The minimum absolute atomic E-state index is 0.0527. The fraction of sp³-hybridized carbons (Fsp3) is 0.455. The molecule has 0 saturated heterocycles. The fourth-order valence-electron chi connectivity index (χ4n) is 1.36. The topological polar surface area (TPSA) is 30.5 Å². The van der Waals surface area contributed by atoms with E-state index in [1.165, 1.54) is 0 Å². The fourth-order valence-corrected chi connectivity index (χ4v) is 1.36. The third-order valence-electron chi connectivity index (χ3n) is 1.97. The maximum absolute atomic E-state index is 12.1. The number of para-hydroxylation sites is 1. The third-order valence-corrected chi connectivity index (χ3v) is 1.97. The summed E-state index contributed by atoms with van der Waals surface area (Å²) in [5.74, 6) is 1.25. The van der Waals surface area contributed by atoms with Crippen molar-refractivity contribution < 1.29 is 13.9 Å². The van der Waals surface area contributed by atoms with Gasteiger partial charge in [-0.25, -0.2) is 4.39 Å². The van der Waals surface area contributed by atoms with Gasteiger partial charge in [-0.1, -0.05) is 12.1 Å². The molecule has 15 heavy (non-hydrogen) atoms. The minimum Gasteiger partial charge on any atom is -0.493 e. The van der Waals surface area contributed by atoms with Crippen molar-refractivity contribution in [1.82, 2.24) is 5.32 Å². The summed E-state index contributed by atoms with van der Waals surface area (Å²) < 4.78 is 22.5. The number of halogens is 1. The minimum atomic E-state index is -0.503. The molecule has 0 aromatic heterocycles. The monoisotopic (exact) mass is 213 g/mol. The Kier molecular flexibility index (Phi) is 4.90. The van der Waals surface area contributed by atoms with E-state index >= 15 is 0 Å². The van der Waals surface area contributed by atoms with Crippen molar-refractivity contribution in [3.8, 4) is 11.5 Å². The molecule has 4 heteroatoms. The van der Waals surface area contributed by atoms with E-state index in [-0.39, 0.29) is 6.61 Å². The Morgan fingerprint density at radius 3 is 2.80 bits per heavy atom. The van der Waals surface area contributed by atoms with Crippen LogP contribution in [0.1, 0.15) is 5.56 Å². The van der Waals surface area contributed by atoms with Gasteiger partial charge in [0.1, 0.15) is 13.3 Å². The van der Waals surface area contributed by atoms with Crippen LogP contribution in [-0.4, -0.2) is 27.4 Å². The summed E-state index contributed by atoms with van der Waals surface area (Å²) in [6, 6.07) is 5.60. The normalized spacial score (nSPS) is 10.1. The summed E-state index contributed by atoms with van der Waals surface area (Å²) in [6.45, 7) is 0.215. The first-order valence-corrected chi connectivity index (χ1v) is 4.82. The Morgan fingerprint density at radius 2 is 2.20 bits per heavy atom. The molecule has 0 amide bonds. The van der Waals surface area contributed by atoms with E-state index in [9.17, 15) is 4.39 Å². The lowest BCUT2D eigenvalue weighted by molar-refractivity contribution is 0.257. The molecule has 84 valence electrons. The Morgan fingerprint density at radius 1 is 1.40 bits per heavy atom. The highest BCUT2D eigenvalue weighted by molar-refractivity contribution is 5.46. The van der Waals surface area contributed by atoms with Gasteiger partial charge in [-0.05, 0) is 13.1 Å². The molecule has 0 radical (unpaired) electrons. The van der Waals surface area contributed by atoms with Crippen molar-refractivity contribution in [3.63, 3.8) is 0 Å². The highest BCUT2D eigenvalue weighted by Crippen LogP contribution is 2.30. The molecule has 1 aromatic carbocycles. The smallest absolute Gasteiger partial charge is 0.165 e. The number of rotatable bonds is 6. The van der Waals surface area contributed by atoms with E-state index in [0.717, 1.165) is 5.56 Å². The van der Waals surface area contributed by atoms with Crippen molar-refractivity contribution in [2.45, 2.75) is 6.54 Å². The van der Waals surface area contributed by atoms with E-state index in [4.69, 9.17) is 9.47 Å². The number of hydrogen-bond donors (Lipinski definition) is 1. The molecule has 0 spiro atoms. The summed E-state index contributed by atoms with van der Waals surface area (Å²) in [4.78, 5) is 0. The second-order valence-corrected chi connectivity index (χ2v) is 3.02. The number of alkyl halides is 1. The first-order chi connectivity index (χ1) is 7.33. The van der Waals surface area contributed by atoms with Gasteiger partial charge in [-0.3, -0.25) is 0 Å². The average Bonchev–Trinajstić information content (AvgIpc) is 2.27. The van der Waals surface area contributed by atoms with Gasteiger partial charge in [0.25, 0.3) is 0 Å². The van der Waals surface area contributed by atoms with E-state index in [1.54, 1.807) is 13.2 Å². The van der Waals surface area contributed by atoms with Crippen LogP contribution in [0.2, 0.25) is 0 Å². The predicted molar refractivity (Wildman–Crippen MR) is 57.2 cm³/mol. The highest BCUT2D eigenvalue weighted by atomic mass is 19.1. The van der Waals surface area contributed by atoms with Crippen LogP contribution in [0.4, 0.5) is 4.39 Å². The molecule has 3 nitrogen and oxygen atoms in total. The standard InChI is InChI=1S/C11H16FNO2/c1-13-8-9-4-3-5-10(14-2)11(9)15-7-6-12/h3-5,13H,6-8H2,1-2H3. The lowest BCUT2D eigenvalue weighted by Gasteiger charge is -2.13. The zero-order valence-corrected chi connectivity index (χ0v) is 9.05. The Labute approximate surface area is 89.2 Å². The number of nitrogens with one attached hydrogen (secondary N) is 1. The molecule has 0 saturated carbocycles.